The molecule has 1 aromatic carbocycles. The second kappa shape index (κ2) is 8.30. The van der Waals surface area contributed by atoms with Crippen molar-refractivity contribution in [1.29, 1.82) is 0 Å². The second-order valence-electron chi connectivity index (χ2n) is 5.32. The number of thiophene rings is 1. The van der Waals surface area contributed by atoms with Crippen molar-refractivity contribution < 1.29 is 27.9 Å². The number of ether oxygens (including phenoxy) is 1. The van der Waals surface area contributed by atoms with Crippen molar-refractivity contribution in [2.45, 2.75) is 17.9 Å². The Labute approximate surface area is 154 Å². The number of methoxy groups -OCH3 is 1. The minimum absolute atomic E-state index is 0.105. The highest BCUT2D eigenvalue weighted by Gasteiger charge is 2.27. The van der Waals surface area contributed by atoms with Crippen molar-refractivity contribution in [3.05, 3.63) is 46.2 Å². The van der Waals surface area contributed by atoms with Crippen molar-refractivity contribution in [2.24, 2.45) is 0 Å². The van der Waals surface area contributed by atoms with E-state index in [1.54, 1.807) is 24.3 Å². The maximum Gasteiger partial charge on any atom is 0.330 e. The van der Waals surface area contributed by atoms with Gasteiger partial charge in [-0.15, -0.1) is 11.3 Å². The Morgan fingerprint density at radius 1 is 1.23 bits per heavy atom. The number of anilines is 1. The number of esters is 1. The van der Waals surface area contributed by atoms with Crippen LogP contribution in [0.5, 0.6) is 0 Å². The monoisotopic (exact) mass is 398 g/mol. The van der Waals surface area contributed by atoms with Gasteiger partial charge in [0.25, 0.3) is 15.9 Å². The minimum Gasteiger partial charge on any atom is -0.467 e. The van der Waals surface area contributed by atoms with Gasteiger partial charge < -0.3 is 15.2 Å². The fraction of sp³-hybridized carbons (Fsp3) is 0.250. The molecule has 1 aromatic heterocycles. The number of nitrogens with one attached hydrogen (secondary N) is 2. The maximum atomic E-state index is 12.6. The standard InChI is InChI=1S/C16H18N2O6S2/c1-10-3-5-11(6-4-10)18-26(22,23)13-7-8-25-14(13)15(20)17-12(9-19)16(21)24-2/h3-8,12,18-19H,9H2,1-2H3,(H,17,20)/t12-/m0/s1. The van der Waals surface area contributed by atoms with E-state index in [4.69, 9.17) is 0 Å². The Hall–Kier alpha value is -2.43. The predicted molar refractivity (Wildman–Crippen MR) is 96.7 cm³/mol. The minimum atomic E-state index is -4.01. The molecule has 26 heavy (non-hydrogen) atoms. The Morgan fingerprint density at radius 3 is 2.46 bits per heavy atom. The number of carbonyl (C=O) groups is 2. The van der Waals surface area contributed by atoms with Gasteiger partial charge in [-0.1, -0.05) is 17.7 Å². The van der Waals surface area contributed by atoms with E-state index in [9.17, 15) is 23.1 Å². The van der Waals surface area contributed by atoms with Crippen LogP contribution in [0.15, 0.2) is 40.6 Å². The van der Waals surface area contributed by atoms with Crippen molar-refractivity contribution in [1.82, 2.24) is 5.32 Å². The summed E-state index contributed by atoms with van der Waals surface area (Å²) in [6.45, 7) is 1.20. The van der Waals surface area contributed by atoms with Crippen LogP contribution >= 0.6 is 11.3 Å². The SMILES string of the molecule is COC(=O)[C@H](CO)NC(=O)c1sccc1S(=O)(=O)Nc1ccc(C)cc1. The van der Waals surface area contributed by atoms with E-state index in [1.165, 1.54) is 11.4 Å². The molecule has 0 aliphatic heterocycles. The number of aliphatic hydroxyl groups is 1. The van der Waals surface area contributed by atoms with E-state index in [-0.39, 0.29) is 9.77 Å². The third kappa shape index (κ3) is 4.59. The molecule has 0 aliphatic carbocycles. The van der Waals surface area contributed by atoms with Gasteiger partial charge in [0.2, 0.25) is 0 Å². The smallest absolute Gasteiger partial charge is 0.330 e. The summed E-state index contributed by atoms with van der Waals surface area (Å²) in [6, 6.07) is 6.73. The largest absolute Gasteiger partial charge is 0.467 e. The van der Waals surface area contributed by atoms with E-state index >= 15 is 0 Å². The molecule has 0 unspecified atom stereocenters. The topological polar surface area (TPSA) is 122 Å². The third-order valence-electron chi connectivity index (χ3n) is 3.40. The molecule has 2 aromatic rings. The van der Waals surface area contributed by atoms with Gasteiger partial charge in [0.05, 0.1) is 13.7 Å². The molecule has 3 N–H and O–H groups in total. The summed E-state index contributed by atoms with van der Waals surface area (Å²) < 4.78 is 32.1. The van der Waals surface area contributed by atoms with Gasteiger partial charge in [-0.3, -0.25) is 9.52 Å². The Bertz CT molecular complexity index is 890. The molecule has 0 radical (unpaired) electrons. The van der Waals surface area contributed by atoms with Crippen LogP contribution in [-0.4, -0.2) is 45.2 Å². The van der Waals surface area contributed by atoms with Gasteiger partial charge in [-0.25, -0.2) is 13.2 Å². The first-order valence-electron chi connectivity index (χ1n) is 7.45. The number of hydrogen-bond donors (Lipinski definition) is 3. The lowest BCUT2D eigenvalue weighted by molar-refractivity contribution is -0.143. The number of aryl methyl sites for hydroxylation is 1. The summed E-state index contributed by atoms with van der Waals surface area (Å²) in [5.41, 5.74) is 1.33. The van der Waals surface area contributed by atoms with E-state index in [0.29, 0.717) is 5.69 Å². The zero-order valence-corrected chi connectivity index (χ0v) is 15.7. The molecule has 0 aliphatic rings. The number of carbonyl (C=O) groups excluding carboxylic acids is 2. The van der Waals surface area contributed by atoms with Crippen LogP contribution in [-0.2, 0) is 19.6 Å². The molecule has 10 heteroatoms. The van der Waals surface area contributed by atoms with Crippen LogP contribution in [0, 0.1) is 6.92 Å². The Kier molecular flexibility index (Phi) is 6.35. The average molecular weight is 398 g/mol. The molecular formula is C16H18N2O6S2. The van der Waals surface area contributed by atoms with Crippen molar-refractivity contribution >= 4 is 38.9 Å². The van der Waals surface area contributed by atoms with Gasteiger partial charge >= 0.3 is 5.97 Å². The second-order valence-corrected chi connectivity index (χ2v) is 7.88. The first kappa shape index (κ1) is 19.9. The van der Waals surface area contributed by atoms with E-state index < -0.39 is 34.5 Å². The highest BCUT2D eigenvalue weighted by atomic mass is 32.2. The van der Waals surface area contributed by atoms with Gasteiger partial charge in [0.1, 0.15) is 9.77 Å². The fourth-order valence-corrected chi connectivity index (χ4v) is 4.44. The highest BCUT2D eigenvalue weighted by molar-refractivity contribution is 7.93. The molecule has 0 saturated carbocycles. The van der Waals surface area contributed by atoms with E-state index in [2.05, 4.69) is 14.8 Å². The molecule has 140 valence electrons. The summed E-state index contributed by atoms with van der Waals surface area (Å²) in [5.74, 6) is -1.63. The van der Waals surface area contributed by atoms with Gasteiger partial charge in [0, 0.05) is 5.69 Å². The molecule has 8 nitrogen and oxygen atoms in total. The summed E-state index contributed by atoms with van der Waals surface area (Å²) in [6.07, 6.45) is 0. The van der Waals surface area contributed by atoms with Crippen LogP contribution in [0.3, 0.4) is 0 Å². The molecule has 0 bridgehead atoms. The highest BCUT2D eigenvalue weighted by Crippen LogP contribution is 2.24. The van der Waals surface area contributed by atoms with Crippen LogP contribution < -0.4 is 10.0 Å². The normalized spacial score (nSPS) is 12.3. The molecule has 0 spiro atoms. The summed E-state index contributed by atoms with van der Waals surface area (Å²) in [4.78, 5) is 23.5. The lowest BCUT2D eigenvalue weighted by Crippen LogP contribution is -2.44. The van der Waals surface area contributed by atoms with Crippen LogP contribution in [0.25, 0.3) is 0 Å². The van der Waals surface area contributed by atoms with Crippen LogP contribution in [0.2, 0.25) is 0 Å². The van der Waals surface area contributed by atoms with E-state index in [1.807, 2.05) is 6.92 Å². The number of sulfonamides is 1. The first-order valence-corrected chi connectivity index (χ1v) is 9.81. The molecule has 1 heterocycles. The van der Waals surface area contributed by atoms with Crippen molar-refractivity contribution in [3.8, 4) is 0 Å². The molecular weight excluding hydrogens is 380 g/mol. The molecule has 0 fully saturated rings. The van der Waals surface area contributed by atoms with Crippen molar-refractivity contribution in [3.63, 3.8) is 0 Å². The zero-order valence-electron chi connectivity index (χ0n) is 14.1. The third-order valence-corrected chi connectivity index (χ3v) is 5.87. The molecule has 0 saturated heterocycles. The predicted octanol–water partition coefficient (Wildman–Crippen LogP) is 1.12. The lowest BCUT2D eigenvalue weighted by atomic mass is 10.2. The lowest BCUT2D eigenvalue weighted by Gasteiger charge is -2.14. The van der Waals surface area contributed by atoms with E-state index in [0.717, 1.165) is 24.0 Å². The maximum absolute atomic E-state index is 12.6. The number of hydrogen-bond acceptors (Lipinski definition) is 7. The average Bonchev–Trinajstić information content (AvgIpc) is 3.11. The van der Waals surface area contributed by atoms with Gasteiger partial charge in [-0.2, -0.15) is 0 Å². The summed E-state index contributed by atoms with van der Waals surface area (Å²) >= 11 is 0.904. The molecule has 2 rings (SSSR count). The number of benzene rings is 1. The number of amides is 1. The Balaban J connectivity index is 2.24. The summed E-state index contributed by atoms with van der Waals surface area (Å²) in [7, 11) is -2.89. The van der Waals surface area contributed by atoms with Crippen molar-refractivity contribution in [2.75, 3.05) is 18.4 Å². The first-order chi connectivity index (χ1) is 12.3. The van der Waals surface area contributed by atoms with Crippen LogP contribution in [0.4, 0.5) is 5.69 Å². The zero-order chi connectivity index (χ0) is 19.3. The molecule has 1 amide bonds. The Morgan fingerprint density at radius 2 is 1.88 bits per heavy atom. The van der Waals surface area contributed by atoms with Crippen LogP contribution in [0.1, 0.15) is 15.2 Å². The van der Waals surface area contributed by atoms with Gasteiger partial charge in [-0.05, 0) is 30.5 Å². The summed E-state index contributed by atoms with van der Waals surface area (Å²) in [5, 5.41) is 12.9. The fourth-order valence-electron chi connectivity index (χ4n) is 2.05. The van der Waals surface area contributed by atoms with Gasteiger partial charge in [0.15, 0.2) is 6.04 Å². The molecule has 1 atom stereocenters. The quantitative estimate of drug-likeness (QED) is 0.601. The number of aliphatic hydroxyl groups excluding tert-OH is 1. The number of rotatable bonds is 7.